The molecule has 1 atom stereocenters. The molecular weight excluding hydrogens is 476 g/mol. The third kappa shape index (κ3) is 4.43. The number of fused-ring (bicyclic) bond motifs is 1. The van der Waals surface area contributed by atoms with Crippen molar-refractivity contribution >= 4 is 23.0 Å². The maximum atomic E-state index is 13.5. The van der Waals surface area contributed by atoms with Gasteiger partial charge in [0.05, 0.1) is 17.3 Å². The van der Waals surface area contributed by atoms with Crippen molar-refractivity contribution in [3.63, 3.8) is 0 Å². The molecule has 0 fully saturated rings. The van der Waals surface area contributed by atoms with E-state index < -0.39 is 34.5 Å². The number of hydrogen-bond acceptors (Lipinski definition) is 8. The number of nitrogens with zero attached hydrogens (tertiary/aromatic N) is 1. The molecule has 1 aliphatic heterocycles. The molecule has 0 aromatic heterocycles. The van der Waals surface area contributed by atoms with Crippen LogP contribution in [0.5, 0.6) is 17.2 Å². The maximum Gasteiger partial charge on any atom is 0.586 e. The summed E-state index contributed by atoms with van der Waals surface area (Å²) in [4.78, 5) is 38.5. The Morgan fingerprint density at radius 1 is 1.03 bits per heavy atom. The molecule has 0 unspecified atom stereocenters. The van der Waals surface area contributed by atoms with Crippen LogP contribution in [0.4, 0.5) is 25.8 Å². The Morgan fingerprint density at radius 3 is 2.31 bits per heavy atom. The lowest BCUT2D eigenvalue weighted by Crippen LogP contribution is -2.39. The SMILES string of the molecule is CN(C)C(=O)c1cccc(Nc2c(N[C@@H](c3ccc4c(c3)OC(F)(F)O4)C(C)(C)C)c(=O)c2=O)c1O. The number of benzene rings is 2. The van der Waals surface area contributed by atoms with Crippen LogP contribution >= 0.6 is 0 Å². The molecule has 3 N–H and O–H groups in total. The van der Waals surface area contributed by atoms with Gasteiger partial charge in [0, 0.05) is 14.1 Å². The molecule has 1 amide bonds. The number of phenolic OH excluding ortho intramolecular Hbond substituents is 1. The third-order valence-corrected chi connectivity index (χ3v) is 5.76. The Hall–Kier alpha value is -4.15. The zero-order valence-corrected chi connectivity index (χ0v) is 20.2. The fourth-order valence-corrected chi connectivity index (χ4v) is 3.93. The summed E-state index contributed by atoms with van der Waals surface area (Å²) in [5.41, 5.74) is -1.66. The molecule has 3 aromatic rings. The van der Waals surface area contributed by atoms with Crippen molar-refractivity contribution in [3.8, 4) is 17.2 Å². The minimum Gasteiger partial charge on any atom is -0.505 e. The Morgan fingerprint density at radius 2 is 1.67 bits per heavy atom. The molecule has 3 aromatic carbocycles. The van der Waals surface area contributed by atoms with Crippen molar-refractivity contribution in [1.29, 1.82) is 0 Å². The number of aromatic hydroxyl groups is 1. The zero-order chi connectivity index (χ0) is 26.6. The van der Waals surface area contributed by atoms with Gasteiger partial charge in [-0.3, -0.25) is 14.4 Å². The number of amides is 1. The number of para-hydroxylation sites is 1. The van der Waals surface area contributed by atoms with Gasteiger partial charge in [0.15, 0.2) is 17.2 Å². The van der Waals surface area contributed by atoms with Crippen LogP contribution < -0.4 is 31.0 Å². The summed E-state index contributed by atoms with van der Waals surface area (Å²) in [6, 6.07) is 8.11. The first-order valence-corrected chi connectivity index (χ1v) is 11.0. The van der Waals surface area contributed by atoms with Crippen molar-refractivity contribution in [2.75, 3.05) is 24.7 Å². The van der Waals surface area contributed by atoms with Crippen molar-refractivity contribution in [2.24, 2.45) is 5.41 Å². The van der Waals surface area contributed by atoms with E-state index in [2.05, 4.69) is 20.1 Å². The average molecular weight is 501 g/mol. The lowest BCUT2D eigenvalue weighted by atomic mass is 9.82. The second kappa shape index (κ2) is 8.51. The van der Waals surface area contributed by atoms with Gasteiger partial charge in [-0.15, -0.1) is 8.78 Å². The molecule has 0 spiro atoms. The minimum atomic E-state index is -3.77. The molecule has 9 nitrogen and oxygen atoms in total. The van der Waals surface area contributed by atoms with Gasteiger partial charge in [0.25, 0.3) is 16.8 Å². The minimum absolute atomic E-state index is 0.0166. The standard InChI is InChI=1S/C25H25F2N3O6/c1-24(2,3)22(12-9-10-15-16(11-12)36-25(26,27)35-15)29-18-17(20(32)21(18)33)28-14-8-6-7-13(19(14)31)23(34)30(4)5/h6-11,22,28-29,31H,1-5H3/t22-/m0/s1. The smallest absolute Gasteiger partial charge is 0.505 e. The van der Waals surface area contributed by atoms with Crippen LogP contribution in [0.3, 0.4) is 0 Å². The van der Waals surface area contributed by atoms with Crippen LogP contribution in [0.2, 0.25) is 0 Å². The van der Waals surface area contributed by atoms with E-state index in [0.29, 0.717) is 5.56 Å². The van der Waals surface area contributed by atoms with E-state index >= 15 is 0 Å². The Kier molecular flexibility index (Phi) is 5.90. The lowest BCUT2D eigenvalue weighted by molar-refractivity contribution is -0.286. The summed E-state index contributed by atoms with van der Waals surface area (Å²) >= 11 is 0. The highest BCUT2D eigenvalue weighted by Crippen LogP contribution is 2.45. The highest BCUT2D eigenvalue weighted by atomic mass is 19.3. The highest BCUT2D eigenvalue weighted by Gasteiger charge is 2.44. The Balaban J connectivity index is 1.67. The van der Waals surface area contributed by atoms with Crippen molar-refractivity contribution in [2.45, 2.75) is 33.1 Å². The highest BCUT2D eigenvalue weighted by molar-refractivity contribution is 5.99. The molecule has 0 bridgehead atoms. The zero-order valence-electron chi connectivity index (χ0n) is 20.2. The van der Waals surface area contributed by atoms with Gasteiger partial charge in [-0.1, -0.05) is 32.9 Å². The van der Waals surface area contributed by atoms with E-state index in [1.165, 1.54) is 49.3 Å². The largest absolute Gasteiger partial charge is 0.586 e. The molecule has 4 rings (SSSR count). The van der Waals surface area contributed by atoms with Gasteiger partial charge >= 0.3 is 6.29 Å². The van der Waals surface area contributed by atoms with E-state index in [1.807, 2.05) is 20.8 Å². The van der Waals surface area contributed by atoms with Crippen LogP contribution in [0.15, 0.2) is 46.0 Å². The second-order valence-electron chi connectivity index (χ2n) is 9.75. The summed E-state index contributed by atoms with van der Waals surface area (Å²) in [7, 11) is 3.06. The predicted molar refractivity (Wildman–Crippen MR) is 129 cm³/mol. The van der Waals surface area contributed by atoms with Gasteiger partial charge in [-0.2, -0.15) is 0 Å². The second-order valence-corrected chi connectivity index (χ2v) is 9.75. The van der Waals surface area contributed by atoms with Crippen molar-refractivity contribution in [3.05, 3.63) is 68.0 Å². The fourth-order valence-electron chi connectivity index (χ4n) is 3.93. The quantitative estimate of drug-likeness (QED) is 0.343. The fraction of sp³-hybridized carbons (Fsp3) is 0.320. The molecule has 190 valence electrons. The normalized spacial score (nSPS) is 15.0. The number of carbonyl (C=O) groups excluding carboxylic acids is 1. The molecular formula is C25H25F2N3O6. The summed E-state index contributed by atoms with van der Waals surface area (Å²) in [5, 5.41) is 16.4. The predicted octanol–water partition coefficient (Wildman–Crippen LogP) is 3.95. The van der Waals surface area contributed by atoms with Crippen LogP contribution in [0, 0.1) is 5.41 Å². The number of rotatable bonds is 6. The van der Waals surface area contributed by atoms with Crippen molar-refractivity contribution in [1.82, 2.24) is 4.90 Å². The number of phenols is 1. The van der Waals surface area contributed by atoms with Gasteiger partial charge in [-0.05, 0) is 35.2 Å². The Bertz CT molecular complexity index is 1420. The Labute approximate surface area is 204 Å². The van der Waals surface area contributed by atoms with E-state index in [-0.39, 0.29) is 39.9 Å². The average Bonchev–Trinajstić information content (AvgIpc) is 3.10. The number of carbonyl (C=O) groups is 1. The van der Waals surface area contributed by atoms with E-state index in [1.54, 1.807) is 6.07 Å². The first-order chi connectivity index (χ1) is 16.7. The first-order valence-electron chi connectivity index (χ1n) is 11.0. The third-order valence-electron chi connectivity index (χ3n) is 5.76. The number of alkyl halides is 2. The molecule has 1 heterocycles. The number of nitrogens with one attached hydrogen (secondary N) is 2. The van der Waals surface area contributed by atoms with Crippen LogP contribution in [0.1, 0.15) is 42.7 Å². The molecule has 0 aliphatic carbocycles. The molecule has 0 radical (unpaired) electrons. The molecule has 1 aliphatic rings. The van der Waals surface area contributed by atoms with Crippen LogP contribution in [-0.4, -0.2) is 36.3 Å². The first kappa shape index (κ1) is 25.0. The summed E-state index contributed by atoms with van der Waals surface area (Å²) < 4.78 is 36.0. The van der Waals surface area contributed by atoms with Gasteiger partial charge in [-0.25, -0.2) is 0 Å². The van der Waals surface area contributed by atoms with Gasteiger partial charge in [0.2, 0.25) is 0 Å². The van der Waals surface area contributed by atoms with Crippen LogP contribution in [-0.2, 0) is 0 Å². The summed E-state index contributed by atoms with van der Waals surface area (Å²) in [5.74, 6) is -1.08. The number of ether oxygens (including phenoxy) is 2. The number of anilines is 3. The molecule has 11 heteroatoms. The molecule has 0 saturated heterocycles. The number of hydrogen-bond donors (Lipinski definition) is 3. The van der Waals surface area contributed by atoms with E-state index in [0.717, 1.165) is 0 Å². The molecule has 0 saturated carbocycles. The number of halogens is 2. The van der Waals surface area contributed by atoms with Crippen molar-refractivity contribution < 1.29 is 28.2 Å². The topological polar surface area (TPSA) is 117 Å². The van der Waals surface area contributed by atoms with Gasteiger partial charge < -0.3 is 30.1 Å². The monoisotopic (exact) mass is 501 g/mol. The summed E-state index contributed by atoms with van der Waals surface area (Å²) in [6.45, 7) is 5.60. The van der Waals surface area contributed by atoms with E-state index in [9.17, 15) is 28.3 Å². The lowest BCUT2D eigenvalue weighted by Gasteiger charge is -2.33. The van der Waals surface area contributed by atoms with Gasteiger partial charge in [0.1, 0.15) is 11.4 Å². The molecule has 36 heavy (non-hydrogen) atoms. The van der Waals surface area contributed by atoms with E-state index in [4.69, 9.17) is 0 Å². The van der Waals surface area contributed by atoms with Crippen LogP contribution in [0.25, 0.3) is 0 Å². The maximum absolute atomic E-state index is 13.5. The summed E-state index contributed by atoms with van der Waals surface area (Å²) in [6.07, 6.45) is -3.77.